The molecule has 0 spiro atoms. The van der Waals surface area contributed by atoms with Crippen LogP contribution in [0.25, 0.3) is 0 Å². The molecule has 1 aliphatic heterocycles. The molecular formula is C19H15ClF3NO5. The molecular weight excluding hydrogens is 415 g/mol. The number of hydrogen-bond acceptors (Lipinski definition) is 5. The number of carbonyl (C=O) groups is 2. The van der Waals surface area contributed by atoms with Gasteiger partial charge in [-0.1, -0.05) is 11.6 Å². The Labute approximate surface area is 168 Å². The zero-order valence-electron chi connectivity index (χ0n) is 15.2. The topological polar surface area (TPSA) is 73.9 Å². The molecule has 0 bridgehead atoms. The maximum absolute atomic E-state index is 12.8. The summed E-state index contributed by atoms with van der Waals surface area (Å²) < 4.78 is 54.2. The number of nitrogens with one attached hydrogen (secondary N) is 1. The van der Waals surface area contributed by atoms with E-state index in [0.29, 0.717) is 5.69 Å². The quantitative estimate of drug-likeness (QED) is 0.558. The first kappa shape index (κ1) is 20.8. The Kier molecular flexibility index (Phi) is 5.36. The lowest BCUT2D eigenvalue weighted by Crippen LogP contribution is -2.55. The van der Waals surface area contributed by atoms with Crippen molar-refractivity contribution < 1.29 is 37.0 Å². The van der Waals surface area contributed by atoms with Gasteiger partial charge in [0.1, 0.15) is 17.2 Å². The Hall–Kier alpha value is -2.94. The van der Waals surface area contributed by atoms with Crippen LogP contribution in [0.2, 0.25) is 5.02 Å². The number of ether oxygens (including phenoxy) is 3. The fourth-order valence-electron chi connectivity index (χ4n) is 2.55. The van der Waals surface area contributed by atoms with Crippen LogP contribution in [-0.2, 0) is 20.5 Å². The number of carbonyl (C=O) groups excluding carboxylic acids is 2. The summed E-state index contributed by atoms with van der Waals surface area (Å²) in [6.07, 6.45) is -4.53. The molecule has 0 radical (unpaired) electrons. The Bertz CT molecular complexity index is 979. The average molecular weight is 430 g/mol. The van der Waals surface area contributed by atoms with Crippen molar-refractivity contribution in [2.45, 2.75) is 25.6 Å². The van der Waals surface area contributed by atoms with E-state index in [1.54, 1.807) is 6.92 Å². The van der Waals surface area contributed by atoms with E-state index in [0.717, 1.165) is 18.2 Å². The van der Waals surface area contributed by atoms with Gasteiger partial charge in [0.2, 0.25) is 0 Å². The second-order valence-electron chi connectivity index (χ2n) is 6.21. The lowest BCUT2D eigenvalue weighted by atomic mass is 10.0. The van der Waals surface area contributed by atoms with Gasteiger partial charge in [-0.2, -0.15) is 13.2 Å². The van der Waals surface area contributed by atoms with Crippen molar-refractivity contribution in [2.75, 3.05) is 11.9 Å². The van der Waals surface area contributed by atoms with Crippen molar-refractivity contribution in [1.29, 1.82) is 0 Å². The molecule has 0 saturated carbocycles. The summed E-state index contributed by atoms with van der Waals surface area (Å²) >= 11 is 5.90. The summed E-state index contributed by atoms with van der Waals surface area (Å²) in [5.74, 6) is -1.26. The molecule has 3 rings (SSSR count). The van der Waals surface area contributed by atoms with Gasteiger partial charge in [-0.3, -0.25) is 4.79 Å². The minimum atomic E-state index is -4.53. The molecule has 1 unspecified atom stereocenters. The van der Waals surface area contributed by atoms with Gasteiger partial charge in [0.25, 0.3) is 11.5 Å². The van der Waals surface area contributed by atoms with Crippen LogP contribution in [0.3, 0.4) is 0 Å². The Morgan fingerprint density at radius 3 is 2.59 bits per heavy atom. The third kappa shape index (κ3) is 4.09. The maximum Gasteiger partial charge on any atom is 0.416 e. The van der Waals surface area contributed by atoms with Gasteiger partial charge in [-0.15, -0.1) is 0 Å². The van der Waals surface area contributed by atoms with Gasteiger partial charge >= 0.3 is 12.1 Å². The van der Waals surface area contributed by atoms with Crippen molar-refractivity contribution in [2.24, 2.45) is 0 Å². The summed E-state index contributed by atoms with van der Waals surface area (Å²) in [6, 6.07) is 6.99. The fourth-order valence-corrected chi connectivity index (χ4v) is 2.77. The number of fused-ring (bicyclic) bond motifs is 1. The van der Waals surface area contributed by atoms with Crippen LogP contribution in [0, 0.1) is 0 Å². The Balaban J connectivity index is 1.87. The second-order valence-corrected chi connectivity index (χ2v) is 6.62. The number of halogens is 4. The van der Waals surface area contributed by atoms with Crippen LogP contribution < -0.4 is 14.8 Å². The molecule has 0 saturated heterocycles. The number of rotatable bonds is 4. The molecule has 154 valence electrons. The number of amides is 1. The van der Waals surface area contributed by atoms with E-state index < -0.39 is 29.2 Å². The molecule has 1 heterocycles. The third-order valence-corrected chi connectivity index (χ3v) is 4.40. The number of anilines is 1. The number of alkyl halides is 3. The molecule has 1 amide bonds. The molecule has 10 heteroatoms. The molecule has 6 nitrogen and oxygen atoms in total. The highest BCUT2D eigenvalue weighted by atomic mass is 35.5. The third-order valence-electron chi connectivity index (χ3n) is 4.10. The van der Waals surface area contributed by atoms with Gasteiger partial charge in [-0.05, 0) is 44.2 Å². The number of esters is 1. The van der Waals surface area contributed by atoms with Gasteiger partial charge in [-0.25, -0.2) is 4.79 Å². The maximum atomic E-state index is 12.8. The SMILES string of the molecule is CCOC(=O)C1(C)Oc2cc(Oc3ccc(C(F)(F)F)cc3Cl)ccc2NC1=O. The molecule has 2 aromatic rings. The van der Waals surface area contributed by atoms with Crippen molar-refractivity contribution in [3.63, 3.8) is 0 Å². The first-order valence-corrected chi connectivity index (χ1v) is 8.78. The predicted molar refractivity (Wildman–Crippen MR) is 97.3 cm³/mol. The molecule has 1 aliphatic rings. The van der Waals surface area contributed by atoms with E-state index in [1.807, 2.05) is 0 Å². The minimum Gasteiger partial charge on any atom is -0.463 e. The first-order chi connectivity index (χ1) is 13.5. The van der Waals surface area contributed by atoms with Crippen LogP contribution in [0.15, 0.2) is 36.4 Å². The molecule has 1 atom stereocenters. The first-order valence-electron chi connectivity index (χ1n) is 8.41. The molecule has 0 aliphatic carbocycles. The van der Waals surface area contributed by atoms with Gasteiger partial charge in [0.15, 0.2) is 0 Å². The fraction of sp³-hybridized carbons (Fsp3) is 0.263. The highest BCUT2D eigenvalue weighted by Crippen LogP contribution is 2.40. The second kappa shape index (κ2) is 7.47. The predicted octanol–water partition coefficient (Wildman–Crippen LogP) is 4.80. The summed E-state index contributed by atoms with van der Waals surface area (Å²) in [4.78, 5) is 24.4. The van der Waals surface area contributed by atoms with E-state index in [9.17, 15) is 22.8 Å². The van der Waals surface area contributed by atoms with Gasteiger partial charge in [0, 0.05) is 6.07 Å². The largest absolute Gasteiger partial charge is 0.463 e. The standard InChI is InChI=1S/C19H15ClF3NO5/c1-3-27-17(26)18(2)16(25)24-13-6-5-11(9-15(13)29-18)28-14-7-4-10(8-12(14)20)19(21,22)23/h4-9H,3H2,1-2H3,(H,24,25). The molecule has 0 aromatic heterocycles. The van der Waals surface area contributed by atoms with Crippen LogP contribution in [0.4, 0.5) is 18.9 Å². The van der Waals surface area contributed by atoms with Crippen LogP contribution in [0.5, 0.6) is 17.2 Å². The van der Waals surface area contributed by atoms with Crippen molar-refractivity contribution in [1.82, 2.24) is 0 Å². The van der Waals surface area contributed by atoms with E-state index in [2.05, 4.69) is 5.32 Å². The van der Waals surface area contributed by atoms with Gasteiger partial charge in [0.05, 0.1) is 22.9 Å². The smallest absolute Gasteiger partial charge is 0.416 e. The molecule has 0 fully saturated rings. The zero-order valence-corrected chi connectivity index (χ0v) is 16.0. The van der Waals surface area contributed by atoms with E-state index in [1.165, 1.54) is 25.1 Å². The highest BCUT2D eigenvalue weighted by molar-refractivity contribution is 6.32. The molecule has 1 N–H and O–H groups in total. The molecule has 2 aromatic carbocycles. The van der Waals surface area contributed by atoms with Crippen LogP contribution in [0.1, 0.15) is 19.4 Å². The van der Waals surface area contributed by atoms with Crippen molar-refractivity contribution >= 4 is 29.2 Å². The van der Waals surface area contributed by atoms with Crippen LogP contribution in [-0.4, -0.2) is 24.1 Å². The normalized spacial score (nSPS) is 18.3. The van der Waals surface area contributed by atoms with Crippen molar-refractivity contribution in [3.8, 4) is 17.2 Å². The monoisotopic (exact) mass is 429 g/mol. The van der Waals surface area contributed by atoms with Gasteiger partial charge < -0.3 is 19.5 Å². The number of benzene rings is 2. The van der Waals surface area contributed by atoms with E-state index in [4.69, 9.17) is 25.8 Å². The zero-order chi connectivity index (χ0) is 21.4. The molecule has 29 heavy (non-hydrogen) atoms. The van der Waals surface area contributed by atoms with Crippen LogP contribution >= 0.6 is 11.6 Å². The highest BCUT2D eigenvalue weighted by Gasteiger charge is 2.48. The lowest BCUT2D eigenvalue weighted by Gasteiger charge is -2.32. The number of hydrogen-bond donors (Lipinski definition) is 1. The Morgan fingerprint density at radius 1 is 1.24 bits per heavy atom. The van der Waals surface area contributed by atoms with E-state index >= 15 is 0 Å². The summed E-state index contributed by atoms with van der Waals surface area (Å²) in [5, 5.41) is 2.31. The minimum absolute atomic E-state index is 0.00684. The lowest BCUT2D eigenvalue weighted by molar-refractivity contribution is -0.165. The van der Waals surface area contributed by atoms with E-state index in [-0.39, 0.29) is 28.9 Å². The summed E-state index contributed by atoms with van der Waals surface area (Å²) in [7, 11) is 0. The van der Waals surface area contributed by atoms with Crippen molar-refractivity contribution in [3.05, 3.63) is 47.0 Å². The Morgan fingerprint density at radius 2 is 1.97 bits per heavy atom. The average Bonchev–Trinajstić information content (AvgIpc) is 2.64. The summed E-state index contributed by atoms with van der Waals surface area (Å²) in [5.41, 5.74) is -2.51. The summed E-state index contributed by atoms with van der Waals surface area (Å²) in [6.45, 7) is 2.92.